The molecule has 7 aromatic carbocycles. The molecule has 1 atom stereocenters. The molecule has 0 saturated carbocycles. The van der Waals surface area contributed by atoms with E-state index in [4.69, 9.17) is 9.98 Å². The molecule has 8 aromatic rings. The van der Waals surface area contributed by atoms with Crippen molar-refractivity contribution in [1.82, 2.24) is 5.32 Å². The average Bonchev–Trinajstić information content (AvgIpc) is 3.64. The fourth-order valence-electron chi connectivity index (χ4n) is 7.15. The summed E-state index contributed by atoms with van der Waals surface area (Å²) in [6.45, 7) is 0. The van der Waals surface area contributed by atoms with Crippen molar-refractivity contribution in [2.45, 2.75) is 6.17 Å². The summed E-state index contributed by atoms with van der Waals surface area (Å²) in [6, 6.07) is 50.1. The van der Waals surface area contributed by atoms with Crippen molar-refractivity contribution in [3.8, 4) is 22.3 Å². The Morgan fingerprint density at radius 1 is 0.511 bits per heavy atom. The average molecular weight is 592 g/mol. The Hall–Kier alpha value is -5.58. The van der Waals surface area contributed by atoms with Crippen LogP contribution in [0.2, 0.25) is 0 Å². The second kappa shape index (κ2) is 9.46. The van der Waals surface area contributed by atoms with Crippen molar-refractivity contribution < 1.29 is 0 Å². The van der Waals surface area contributed by atoms with Gasteiger partial charge >= 0.3 is 0 Å². The minimum Gasteiger partial charge on any atom is -0.344 e. The molecule has 210 valence electrons. The molecule has 0 radical (unpaired) electrons. The standard InChI is InChI=1S/C41H25N3S/c1-2-10-25(11-3-1)39-42-40(27-18-17-24-9-4-5-12-26(24)21-27)44-41(43-39)28-19-20-35-34(22-28)38-32-16-8-15-31-29-13-6-7-14-30(29)33(37(31)32)23-36(38)45-35/h1-23,39H,(H,42,43,44). The van der Waals surface area contributed by atoms with Gasteiger partial charge in [-0.25, -0.2) is 9.98 Å². The van der Waals surface area contributed by atoms with Crippen molar-refractivity contribution in [1.29, 1.82) is 0 Å². The molecule has 0 fully saturated rings. The largest absolute Gasteiger partial charge is 0.344 e. The first-order valence-electron chi connectivity index (χ1n) is 15.3. The lowest BCUT2D eigenvalue weighted by Gasteiger charge is -2.24. The van der Waals surface area contributed by atoms with E-state index in [0.29, 0.717) is 0 Å². The number of nitrogens with zero attached hydrogens (tertiary/aromatic N) is 2. The zero-order chi connectivity index (χ0) is 29.5. The Bertz CT molecular complexity index is 2570. The van der Waals surface area contributed by atoms with E-state index in [0.717, 1.165) is 28.4 Å². The Labute approximate surface area is 263 Å². The van der Waals surface area contributed by atoms with E-state index in [1.54, 1.807) is 0 Å². The van der Waals surface area contributed by atoms with Crippen LogP contribution in [0.15, 0.2) is 150 Å². The van der Waals surface area contributed by atoms with Gasteiger partial charge in [0.15, 0.2) is 5.84 Å². The molecule has 1 aromatic heterocycles. The van der Waals surface area contributed by atoms with Crippen molar-refractivity contribution in [3.05, 3.63) is 156 Å². The second-order valence-electron chi connectivity index (χ2n) is 11.8. The summed E-state index contributed by atoms with van der Waals surface area (Å²) < 4.78 is 2.60. The molecule has 0 amide bonds. The number of benzene rings is 7. The third-order valence-corrected chi connectivity index (χ3v) is 10.4. The molecular formula is C41H25N3S. The lowest BCUT2D eigenvalue weighted by atomic mass is 9.97. The summed E-state index contributed by atoms with van der Waals surface area (Å²) in [5.41, 5.74) is 8.51. The van der Waals surface area contributed by atoms with Gasteiger partial charge in [-0.15, -0.1) is 11.3 Å². The summed E-state index contributed by atoms with van der Waals surface area (Å²) in [5.74, 6) is 1.57. The van der Waals surface area contributed by atoms with Crippen LogP contribution < -0.4 is 5.32 Å². The minimum absolute atomic E-state index is 0.242. The zero-order valence-electron chi connectivity index (χ0n) is 24.2. The molecule has 4 heteroatoms. The van der Waals surface area contributed by atoms with Crippen LogP contribution in [-0.4, -0.2) is 11.7 Å². The van der Waals surface area contributed by atoms with Gasteiger partial charge < -0.3 is 5.32 Å². The van der Waals surface area contributed by atoms with Crippen LogP contribution in [0.5, 0.6) is 0 Å². The molecule has 1 N–H and O–H groups in total. The third-order valence-electron chi connectivity index (χ3n) is 9.24. The number of fused-ring (bicyclic) bond motifs is 8. The van der Waals surface area contributed by atoms with Crippen molar-refractivity contribution in [2.75, 3.05) is 0 Å². The molecular weight excluding hydrogens is 567 g/mol. The molecule has 45 heavy (non-hydrogen) atoms. The maximum absolute atomic E-state index is 5.16. The SMILES string of the molecule is c1ccc(C2N=C(c3ccc4ccccc4c3)N=C(c3ccc4sc5cc6c7c(cccc7c5c4c3)-c3ccccc3-6)N2)cc1. The molecule has 2 heterocycles. The van der Waals surface area contributed by atoms with Gasteiger partial charge in [-0.05, 0) is 79.7 Å². The number of nitrogens with one attached hydrogen (secondary N) is 1. The maximum Gasteiger partial charge on any atom is 0.159 e. The van der Waals surface area contributed by atoms with E-state index in [-0.39, 0.29) is 6.17 Å². The van der Waals surface area contributed by atoms with Crippen LogP contribution in [-0.2, 0) is 0 Å². The molecule has 0 bridgehead atoms. The molecule has 0 spiro atoms. The van der Waals surface area contributed by atoms with E-state index in [1.165, 1.54) is 64.0 Å². The van der Waals surface area contributed by atoms with Crippen molar-refractivity contribution >= 4 is 64.7 Å². The maximum atomic E-state index is 5.16. The topological polar surface area (TPSA) is 36.8 Å². The molecule has 3 nitrogen and oxygen atoms in total. The number of aliphatic imine (C=N–C) groups is 2. The quantitative estimate of drug-likeness (QED) is 0.218. The van der Waals surface area contributed by atoms with Crippen molar-refractivity contribution in [2.24, 2.45) is 9.98 Å². The third kappa shape index (κ3) is 3.76. The normalized spacial score (nSPS) is 15.3. The van der Waals surface area contributed by atoms with E-state index in [2.05, 4.69) is 139 Å². The predicted octanol–water partition coefficient (Wildman–Crippen LogP) is 10.5. The Balaban J connectivity index is 1.16. The Morgan fingerprint density at radius 3 is 2.16 bits per heavy atom. The summed E-state index contributed by atoms with van der Waals surface area (Å²) in [4.78, 5) is 10.3. The molecule has 0 saturated heterocycles. The van der Waals surface area contributed by atoms with E-state index >= 15 is 0 Å². The van der Waals surface area contributed by atoms with E-state index in [1.807, 2.05) is 17.4 Å². The smallest absolute Gasteiger partial charge is 0.159 e. The summed E-state index contributed by atoms with van der Waals surface area (Å²) in [7, 11) is 0. The molecule has 1 aliphatic heterocycles. The number of hydrogen-bond acceptors (Lipinski definition) is 4. The highest BCUT2D eigenvalue weighted by Crippen LogP contribution is 2.51. The summed E-state index contributed by atoms with van der Waals surface area (Å²) in [5, 5.41) is 11.3. The number of amidine groups is 2. The fraction of sp³-hybridized carbons (Fsp3) is 0.0244. The van der Waals surface area contributed by atoms with Crippen LogP contribution in [0.3, 0.4) is 0 Å². The van der Waals surface area contributed by atoms with E-state index < -0.39 is 0 Å². The van der Waals surface area contributed by atoms with Gasteiger partial charge in [0.2, 0.25) is 0 Å². The minimum atomic E-state index is -0.242. The summed E-state index contributed by atoms with van der Waals surface area (Å²) >= 11 is 1.87. The zero-order valence-corrected chi connectivity index (χ0v) is 25.0. The van der Waals surface area contributed by atoms with Crippen LogP contribution in [0.4, 0.5) is 0 Å². The van der Waals surface area contributed by atoms with Gasteiger partial charge in [-0.3, -0.25) is 0 Å². The van der Waals surface area contributed by atoms with Crippen LogP contribution in [0.1, 0.15) is 22.9 Å². The van der Waals surface area contributed by atoms with Crippen LogP contribution in [0, 0.1) is 0 Å². The monoisotopic (exact) mass is 591 g/mol. The number of hydrogen-bond donors (Lipinski definition) is 1. The highest BCUT2D eigenvalue weighted by molar-refractivity contribution is 7.26. The first-order valence-corrected chi connectivity index (χ1v) is 16.1. The molecule has 1 aliphatic carbocycles. The first-order chi connectivity index (χ1) is 22.3. The molecule has 10 rings (SSSR count). The highest BCUT2D eigenvalue weighted by atomic mass is 32.1. The molecule has 2 aliphatic rings. The molecule has 1 unspecified atom stereocenters. The van der Waals surface area contributed by atoms with Crippen LogP contribution >= 0.6 is 11.3 Å². The van der Waals surface area contributed by atoms with Crippen LogP contribution in [0.25, 0.3) is 64.0 Å². The lowest BCUT2D eigenvalue weighted by molar-refractivity contribution is 0.674. The number of thiophene rings is 1. The fourth-order valence-corrected chi connectivity index (χ4v) is 8.29. The van der Waals surface area contributed by atoms with Gasteiger partial charge in [-0.2, -0.15) is 0 Å². The predicted molar refractivity (Wildman–Crippen MR) is 191 cm³/mol. The number of rotatable bonds is 3. The Kier molecular flexibility index (Phi) is 5.22. The first kappa shape index (κ1) is 24.8. The van der Waals surface area contributed by atoms with Crippen molar-refractivity contribution in [3.63, 3.8) is 0 Å². The van der Waals surface area contributed by atoms with Gasteiger partial charge in [0.1, 0.15) is 12.0 Å². The van der Waals surface area contributed by atoms with Gasteiger partial charge in [0.25, 0.3) is 0 Å². The summed E-state index contributed by atoms with van der Waals surface area (Å²) in [6.07, 6.45) is -0.242. The van der Waals surface area contributed by atoms with Gasteiger partial charge in [0, 0.05) is 31.3 Å². The van der Waals surface area contributed by atoms with E-state index in [9.17, 15) is 0 Å². The highest BCUT2D eigenvalue weighted by Gasteiger charge is 2.25. The second-order valence-corrected chi connectivity index (χ2v) is 12.9. The Morgan fingerprint density at radius 2 is 1.27 bits per heavy atom. The van der Waals surface area contributed by atoms with Gasteiger partial charge in [0.05, 0.1) is 0 Å². The lowest BCUT2D eigenvalue weighted by Crippen LogP contribution is -2.33. The van der Waals surface area contributed by atoms with Gasteiger partial charge in [-0.1, -0.05) is 109 Å².